The standard InChI is InChI=1S/C22H27N3O4/c1-4-25(14-21(27)24-22-15(2)6-5-7-16(22)3)13-20(26)23-17-8-9-18-19(12-17)29-11-10-28-18/h5-9,12H,4,10-11,13-14H2,1-3H3,(H,23,26)(H,24,27). The van der Waals surface area contributed by atoms with Crippen molar-refractivity contribution in [2.45, 2.75) is 20.8 Å². The highest BCUT2D eigenvalue weighted by Crippen LogP contribution is 2.32. The summed E-state index contributed by atoms with van der Waals surface area (Å²) >= 11 is 0. The summed E-state index contributed by atoms with van der Waals surface area (Å²) in [5, 5.41) is 5.81. The predicted molar refractivity (Wildman–Crippen MR) is 113 cm³/mol. The zero-order valence-electron chi connectivity index (χ0n) is 17.1. The second kappa shape index (κ2) is 9.43. The van der Waals surface area contributed by atoms with E-state index in [2.05, 4.69) is 10.6 Å². The molecule has 1 aliphatic rings. The molecule has 29 heavy (non-hydrogen) atoms. The fraction of sp³-hybridized carbons (Fsp3) is 0.364. The predicted octanol–water partition coefficient (Wildman–Crippen LogP) is 2.97. The van der Waals surface area contributed by atoms with Gasteiger partial charge in [-0.2, -0.15) is 0 Å². The zero-order valence-corrected chi connectivity index (χ0v) is 17.1. The van der Waals surface area contributed by atoms with E-state index in [1.807, 2.05) is 39.0 Å². The number of amides is 2. The van der Waals surface area contributed by atoms with Crippen LogP contribution in [-0.2, 0) is 9.59 Å². The van der Waals surface area contributed by atoms with E-state index in [1.54, 1.807) is 23.1 Å². The van der Waals surface area contributed by atoms with Gasteiger partial charge in [0.2, 0.25) is 11.8 Å². The maximum atomic E-state index is 12.5. The van der Waals surface area contributed by atoms with Crippen LogP contribution < -0.4 is 20.1 Å². The number of carbonyl (C=O) groups is 2. The van der Waals surface area contributed by atoms with Crippen LogP contribution >= 0.6 is 0 Å². The molecule has 0 aromatic heterocycles. The third-order valence-electron chi connectivity index (χ3n) is 4.75. The second-order valence-corrected chi connectivity index (χ2v) is 7.02. The molecule has 0 radical (unpaired) electrons. The molecule has 3 rings (SSSR count). The zero-order chi connectivity index (χ0) is 20.8. The first-order valence-electron chi connectivity index (χ1n) is 9.74. The van der Waals surface area contributed by atoms with E-state index < -0.39 is 0 Å². The molecular weight excluding hydrogens is 370 g/mol. The number of hydrogen-bond donors (Lipinski definition) is 2. The monoisotopic (exact) mass is 397 g/mol. The summed E-state index contributed by atoms with van der Waals surface area (Å²) in [5.41, 5.74) is 3.49. The molecule has 2 aromatic rings. The van der Waals surface area contributed by atoms with Crippen molar-refractivity contribution in [3.8, 4) is 11.5 Å². The van der Waals surface area contributed by atoms with Crippen molar-refractivity contribution in [1.82, 2.24) is 4.90 Å². The highest BCUT2D eigenvalue weighted by Gasteiger charge is 2.16. The largest absolute Gasteiger partial charge is 0.486 e. The first kappa shape index (κ1) is 20.7. The van der Waals surface area contributed by atoms with E-state index in [9.17, 15) is 9.59 Å². The van der Waals surface area contributed by atoms with Crippen molar-refractivity contribution in [3.63, 3.8) is 0 Å². The average molecular weight is 397 g/mol. The van der Waals surface area contributed by atoms with Crippen LogP contribution in [0.5, 0.6) is 11.5 Å². The third kappa shape index (κ3) is 5.48. The lowest BCUT2D eigenvalue weighted by Crippen LogP contribution is -2.38. The molecule has 1 aliphatic heterocycles. The molecule has 1 heterocycles. The molecule has 0 spiro atoms. The van der Waals surface area contributed by atoms with Gasteiger partial charge < -0.3 is 20.1 Å². The van der Waals surface area contributed by atoms with Gasteiger partial charge in [0.25, 0.3) is 0 Å². The first-order valence-corrected chi connectivity index (χ1v) is 9.74. The van der Waals surface area contributed by atoms with Gasteiger partial charge in [0.1, 0.15) is 13.2 Å². The van der Waals surface area contributed by atoms with Crippen LogP contribution in [-0.4, -0.2) is 49.6 Å². The number of aryl methyl sites for hydroxylation is 2. The van der Waals surface area contributed by atoms with Gasteiger partial charge in [-0.15, -0.1) is 0 Å². The minimum absolute atomic E-state index is 0.116. The Hall–Kier alpha value is -3.06. The van der Waals surface area contributed by atoms with E-state index >= 15 is 0 Å². The highest BCUT2D eigenvalue weighted by molar-refractivity contribution is 5.95. The Morgan fingerprint density at radius 2 is 1.55 bits per heavy atom. The smallest absolute Gasteiger partial charge is 0.238 e. The van der Waals surface area contributed by atoms with Gasteiger partial charge >= 0.3 is 0 Å². The van der Waals surface area contributed by atoms with Gasteiger partial charge in [0.15, 0.2) is 11.5 Å². The number of para-hydroxylation sites is 1. The van der Waals surface area contributed by atoms with E-state index in [0.29, 0.717) is 36.9 Å². The van der Waals surface area contributed by atoms with E-state index in [0.717, 1.165) is 16.8 Å². The van der Waals surface area contributed by atoms with Crippen LogP contribution in [0.3, 0.4) is 0 Å². The molecule has 0 saturated heterocycles. The molecule has 0 saturated carbocycles. The van der Waals surface area contributed by atoms with Crippen LogP contribution in [0, 0.1) is 13.8 Å². The lowest BCUT2D eigenvalue weighted by molar-refractivity contribution is -0.119. The Labute approximate surface area is 171 Å². The van der Waals surface area contributed by atoms with E-state index in [1.165, 1.54) is 0 Å². The van der Waals surface area contributed by atoms with Crippen LogP contribution in [0.15, 0.2) is 36.4 Å². The van der Waals surface area contributed by atoms with Crippen molar-refractivity contribution < 1.29 is 19.1 Å². The van der Waals surface area contributed by atoms with Crippen LogP contribution in [0.1, 0.15) is 18.1 Å². The normalized spacial score (nSPS) is 12.6. The van der Waals surface area contributed by atoms with Gasteiger partial charge in [-0.1, -0.05) is 25.1 Å². The summed E-state index contributed by atoms with van der Waals surface area (Å²) in [6.07, 6.45) is 0. The average Bonchev–Trinajstić information content (AvgIpc) is 2.70. The first-order chi connectivity index (χ1) is 14.0. The van der Waals surface area contributed by atoms with Crippen molar-refractivity contribution in [3.05, 3.63) is 47.5 Å². The molecule has 0 fully saturated rings. The molecular formula is C22H27N3O4. The minimum Gasteiger partial charge on any atom is -0.486 e. The van der Waals surface area contributed by atoms with Crippen LogP contribution in [0.4, 0.5) is 11.4 Å². The van der Waals surface area contributed by atoms with E-state index in [-0.39, 0.29) is 24.9 Å². The lowest BCUT2D eigenvalue weighted by atomic mass is 10.1. The summed E-state index contributed by atoms with van der Waals surface area (Å²) in [7, 11) is 0. The number of rotatable bonds is 7. The number of ether oxygens (including phenoxy) is 2. The summed E-state index contributed by atoms with van der Waals surface area (Å²) in [4.78, 5) is 26.7. The molecule has 2 amide bonds. The van der Waals surface area contributed by atoms with Gasteiger partial charge in [-0.05, 0) is 43.7 Å². The van der Waals surface area contributed by atoms with Crippen LogP contribution in [0.25, 0.3) is 0 Å². The maximum absolute atomic E-state index is 12.5. The Bertz CT molecular complexity index is 877. The van der Waals surface area contributed by atoms with Crippen molar-refractivity contribution in [1.29, 1.82) is 0 Å². The maximum Gasteiger partial charge on any atom is 0.238 e. The number of carbonyl (C=O) groups excluding carboxylic acids is 2. The fourth-order valence-corrected chi connectivity index (χ4v) is 3.20. The quantitative estimate of drug-likeness (QED) is 0.751. The van der Waals surface area contributed by atoms with Gasteiger partial charge in [-0.3, -0.25) is 14.5 Å². The molecule has 0 unspecified atom stereocenters. The number of nitrogens with zero attached hydrogens (tertiary/aromatic N) is 1. The molecule has 154 valence electrons. The number of anilines is 2. The highest BCUT2D eigenvalue weighted by atomic mass is 16.6. The Kier molecular flexibility index (Phi) is 6.72. The molecule has 7 nitrogen and oxygen atoms in total. The molecule has 7 heteroatoms. The molecule has 0 bridgehead atoms. The number of nitrogens with one attached hydrogen (secondary N) is 2. The Morgan fingerprint density at radius 1 is 0.931 bits per heavy atom. The summed E-state index contributed by atoms with van der Waals surface area (Å²) in [5.74, 6) is 0.960. The third-order valence-corrected chi connectivity index (χ3v) is 4.75. The summed E-state index contributed by atoms with van der Waals surface area (Å²) < 4.78 is 11.0. The van der Waals surface area contributed by atoms with Crippen molar-refractivity contribution in [2.75, 3.05) is 43.5 Å². The van der Waals surface area contributed by atoms with Crippen LogP contribution in [0.2, 0.25) is 0 Å². The van der Waals surface area contributed by atoms with Crippen molar-refractivity contribution >= 4 is 23.2 Å². The summed E-state index contributed by atoms with van der Waals surface area (Å²) in [6.45, 7) is 7.68. The van der Waals surface area contributed by atoms with E-state index in [4.69, 9.17) is 9.47 Å². The van der Waals surface area contributed by atoms with Gasteiger partial charge in [0, 0.05) is 17.4 Å². The van der Waals surface area contributed by atoms with Gasteiger partial charge in [0.05, 0.1) is 13.1 Å². The topological polar surface area (TPSA) is 79.9 Å². The Morgan fingerprint density at radius 3 is 2.21 bits per heavy atom. The Balaban J connectivity index is 1.55. The number of likely N-dealkylation sites (N-methyl/N-ethyl adjacent to an activating group) is 1. The minimum atomic E-state index is -0.191. The van der Waals surface area contributed by atoms with Crippen molar-refractivity contribution in [2.24, 2.45) is 0 Å². The molecule has 0 aliphatic carbocycles. The second-order valence-electron chi connectivity index (χ2n) is 7.02. The SMILES string of the molecule is CCN(CC(=O)Nc1ccc2c(c1)OCCO2)CC(=O)Nc1c(C)cccc1C. The lowest BCUT2D eigenvalue weighted by Gasteiger charge is -2.21. The molecule has 2 N–H and O–H groups in total. The van der Waals surface area contributed by atoms with Gasteiger partial charge in [-0.25, -0.2) is 0 Å². The summed E-state index contributed by atoms with van der Waals surface area (Å²) in [6, 6.07) is 11.2. The fourth-order valence-electron chi connectivity index (χ4n) is 3.20. The molecule has 0 atom stereocenters. The number of benzene rings is 2. The molecule has 2 aromatic carbocycles. The number of hydrogen-bond acceptors (Lipinski definition) is 5. The number of fused-ring (bicyclic) bond motifs is 1.